The van der Waals surface area contributed by atoms with Crippen molar-refractivity contribution in [2.45, 2.75) is 26.3 Å². The van der Waals surface area contributed by atoms with Crippen LogP contribution in [-0.2, 0) is 0 Å². The largest absolute Gasteiger partial charge is 0.505 e. The van der Waals surface area contributed by atoms with Crippen LogP contribution in [0, 0.1) is 5.92 Å². The fraction of sp³-hybridized carbons (Fsp3) is 0.500. The quantitative estimate of drug-likeness (QED) is 0.709. The maximum Gasteiger partial charge on any atom is 0.255 e. The molecule has 0 bridgehead atoms. The minimum atomic E-state index is -0.294. The zero-order valence-electron chi connectivity index (χ0n) is 10.2. The zero-order chi connectivity index (χ0) is 12.8. The molecule has 0 aromatic carbocycles. The number of pyridine rings is 1. The van der Waals surface area contributed by atoms with E-state index in [0.29, 0.717) is 12.5 Å². The van der Waals surface area contributed by atoms with Crippen molar-refractivity contribution >= 4 is 5.91 Å². The first-order valence-corrected chi connectivity index (χ1v) is 5.70. The van der Waals surface area contributed by atoms with Crippen molar-refractivity contribution in [2.75, 3.05) is 6.54 Å². The molecule has 1 aromatic rings. The van der Waals surface area contributed by atoms with Crippen molar-refractivity contribution in [3.8, 4) is 5.75 Å². The lowest BCUT2D eigenvalue weighted by Gasteiger charge is -2.21. The van der Waals surface area contributed by atoms with Gasteiger partial charge in [-0.2, -0.15) is 0 Å². The van der Waals surface area contributed by atoms with Gasteiger partial charge in [0.15, 0.2) is 0 Å². The Labute approximate surface area is 101 Å². The molecule has 94 valence electrons. The highest BCUT2D eigenvalue weighted by Gasteiger charge is 2.18. The average Bonchev–Trinajstić information content (AvgIpc) is 2.28. The normalized spacial score (nSPS) is 12.5. The Kier molecular flexibility index (Phi) is 4.90. The van der Waals surface area contributed by atoms with Crippen LogP contribution in [0.3, 0.4) is 0 Å². The van der Waals surface area contributed by atoms with Gasteiger partial charge in [-0.15, -0.1) is 0 Å². The van der Waals surface area contributed by atoms with Gasteiger partial charge in [-0.1, -0.05) is 13.8 Å². The second kappa shape index (κ2) is 6.20. The van der Waals surface area contributed by atoms with E-state index < -0.39 is 0 Å². The molecule has 1 unspecified atom stereocenters. The second-order valence-corrected chi connectivity index (χ2v) is 4.29. The first-order chi connectivity index (χ1) is 8.06. The van der Waals surface area contributed by atoms with E-state index in [4.69, 9.17) is 5.73 Å². The van der Waals surface area contributed by atoms with E-state index in [9.17, 15) is 9.90 Å². The Hall–Kier alpha value is -1.62. The van der Waals surface area contributed by atoms with Crippen LogP contribution in [-0.4, -0.2) is 28.6 Å². The van der Waals surface area contributed by atoms with Gasteiger partial charge < -0.3 is 16.2 Å². The van der Waals surface area contributed by atoms with Crippen LogP contribution in [0.5, 0.6) is 5.75 Å². The molecule has 0 aliphatic carbocycles. The highest BCUT2D eigenvalue weighted by molar-refractivity contribution is 5.96. The lowest BCUT2D eigenvalue weighted by Crippen LogP contribution is -2.39. The summed E-state index contributed by atoms with van der Waals surface area (Å²) in [5.74, 6) is -0.108. The topological polar surface area (TPSA) is 88.2 Å². The molecule has 0 saturated heterocycles. The van der Waals surface area contributed by atoms with E-state index in [0.717, 1.165) is 6.42 Å². The van der Waals surface area contributed by atoms with Crippen LogP contribution in [0.25, 0.3) is 0 Å². The van der Waals surface area contributed by atoms with E-state index in [1.54, 1.807) is 0 Å². The number of hydrogen-bond acceptors (Lipinski definition) is 4. The van der Waals surface area contributed by atoms with Gasteiger partial charge in [0, 0.05) is 12.2 Å². The third kappa shape index (κ3) is 3.71. The molecule has 1 heterocycles. The highest BCUT2D eigenvalue weighted by Crippen LogP contribution is 2.15. The van der Waals surface area contributed by atoms with Crippen molar-refractivity contribution in [3.05, 3.63) is 24.0 Å². The van der Waals surface area contributed by atoms with Crippen LogP contribution in [0.1, 0.15) is 30.6 Å². The zero-order valence-corrected chi connectivity index (χ0v) is 10.2. The Morgan fingerprint density at radius 2 is 2.29 bits per heavy atom. The summed E-state index contributed by atoms with van der Waals surface area (Å²) in [6.07, 6.45) is 3.44. The predicted molar refractivity (Wildman–Crippen MR) is 65.7 cm³/mol. The van der Waals surface area contributed by atoms with E-state index in [2.05, 4.69) is 10.3 Å². The van der Waals surface area contributed by atoms with Gasteiger partial charge in [-0.3, -0.25) is 9.78 Å². The molecule has 5 nitrogen and oxygen atoms in total. The first-order valence-electron chi connectivity index (χ1n) is 5.70. The number of carbonyl (C=O) groups excluding carboxylic acids is 1. The SMILES string of the molecule is CC(C)C(CCN)NC(=O)c1ccncc1O. The molecule has 0 aliphatic heterocycles. The average molecular weight is 237 g/mol. The Morgan fingerprint density at radius 1 is 1.59 bits per heavy atom. The van der Waals surface area contributed by atoms with Gasteiger partial charge in [0.25, 0.3) is 5.91 Å². The lowest BCUT2D eigenvalue weighted by molar-refractivity contribution is 0.0921. The standard InChI is InChI=1S/C12H19N3O2/c1-8(2)10(3-5-13)15-12(17)9-4-6-14-7-11(9)16/h4,6-8,10,16H,3,5,13H2,1-2H3,(H,15,17). The van der Waals surface area contributed by atoms with Gasteiger partial charge in [-0.25, -0.2) is 0 Å². The summed E-state index contributed by atoms with van der Waals surface area (Å²) < 4.78 is 0. The van der Waals surface area contributed by atoms with E-state index in [-0.39, 0.29) is 23.3 Å². The number of rotatable bonds is 5. The number of aromatic nitrogens is 1. The van der Waals surface area contributed by atoms with E-state index in [1.807, 2.05) is 13.8 Å². The van der Waals surface area contributed by atoms with Crippen LogP contribution < -0.4 is 11.1 Å². The molecule has 5 heteroatoms. The molecule has 1 atom stereocenters. The summed E-state index contributed by atoms with van der Waals surface area (Å²) in [7, 11) is 0. The summed E-state index contributed by atoms with van der Waals surface area (Å²) in [6, 6.07) is 1.50. The number of nitrogens with one attached hydrogen (secondary N) is 1. The molecule has 0 spiro atoms. The number of carbonyl (C=O) groups is 1. The van der Waals surface area contributed by atoms with Crippen LogP contribution >= 0.6 is 0 Å². The van der Waals surface area contributed by atoms with E-state index >= 15 is 0 Å². The monoisotopic (exact) mass is 237 g/mol. The molecule has 0 aliphatic rings. The molecule has 1 amide bonds. The summed E-state index contributed by atoms with van der Waals surface area (Å²) in [6.45, 7) is 4.56. The van der Waals surface area contributed by atoms with Crippen LogP contribution in [0.15, 0.2) is 18.5 Å². The van der Waals surface area contributed by atoms with Crippen molar-refractivity contribution < 1.29 is 9.90 Å². The third-order valence-electron chi connectivity index (χ3n) is 2.64. The summed E-state index contributed by atoms with van der Waals surface area (Å²) >= 11 is 0. The van der Waals surface area contributed by atoms with Gasteiger partial charge >= 0.3 is 0 Å². The van der Waals surface area contributed by atoms with Crippen LogP contribution in [0.2, 0.25) is 0 Å². The minimum Gasteiger partial charge on any atom is -0.505 e. The number of nitrogens with two attached hydrogens (primary N) is 1. The molecule has 17 heavy (non-hydrogen) atoms. The Balaban J connectivity index is 2.74. The van der Waals surface area contributed by atoms with Crippen molar-refractivity contribution in [1.29, 1.82) is 0 Å². The Bertz CT molecular complexity index is 380. The van der Waals surface area contributed by atoms with E-state index in [1.165, 1.54) is 18.5 Å². The molecule has 0 fully saturated rings. The maximum absolute atomic E-state index is 11.9. The van der Waals surface area contributed by atoms with Crippen LogP contribution in [0.4, 0.5) is 0 Å². The van der Waals surface area contributed by atoms with Gasteiger partial charge in [0.2, 0.25) is 0 Å². The second-order valence-electron chi connectivity index (χ2n) is 4.29. The van der Waals surface area contributed by atoms with Gasteiger partial charge in [-0.05, 0) is 24.9 Å². The lowest BCUT2D eigenvalue weighted by atomic mass is 10.0. The predicted octanol–water partition coefficient (Wildman–Crippen LogP) is 0.890. The summed E-state index contributed by atoms with van der Waals surface area (Å²) in [5, 5.41) is 12.4. The third-order valence-corrected chi connectivity index (χ3v) is 2.64. The van der Waals surface area contributed by atoms with Crippen molar-refractivity contribution in [3.63, 3.8) is 0 Å². The minimum absolute atomic E-state index is 0.0139. The van der Waals surface area contributed by atoms with Crippen molar-refractivity contribution in [1.82, 2.24) is 10.3 Å². The number of aromatic hydroxyl groups is 1. The number of nitrogens with zero attached hydrogens (tertiary/aromatic N) is 1. The summed E-state index contributed by atoms with van der Waals surface area (Å²) in [4.78, 5) is 15.6. The molecular weight excluding hydrogens is 218 g/mol. The maximum atomic E-state index is 11.9. The molecule has 1 rings (SSSR count). The molecular formula is C12H19N3O2. The molecule has 4 N–H and O–H groups in total. The van der Waals surface area contributed by atoms with Crippen molar-refractivity contribution in [2.24, 2.45) is 11.7 Å². The Morgan fingerprint density at radius 3 is 2.82 bits per heavy atom. The fourth-order valence-corrected chi connectivity index (χ4v) is 1.58. The molecule has 0 radical (unpaired) electrons. The number of amides is 1. The highest BCUT2D eigenvalue weighted by atomic mass is 16.3. The fourth-order valence-electron chi connectivity index (χ4n) is 1.58. The molecule has 0 saturated carbocycles. The summed E-state index contributed by atoms with van der Waals surface area (Å²) in [5.41, 5.74) is 5.74. The van der Waals surface area contributed by atoms with Gasteiger partial charge in [0.1, 0.15) is 5.75 Å². The van der Waals surface area contributed by atoms with Gasteiger partial charge in [0.05, 0.1) is 11.8 Å². The smallest absolute Gasteiger partial charge is 0.255 e. The first kappa shape index (κ1) is 13.4. The number of hydrogen-bond donors (Lipinski definition) is 3. The molecule has 1 aromatic heterocycles.